The van der Waals surface area contributed by atoms with Gasteiger partial charge >= 0.3 is 5.97 Å². The van der Waals surface area contributed by atoms with Gasteiger partial charge in [0.2, 0.25) is 0 Å². The molecule has 8 heteroatoms. The predicted octanol–water partition coefficient (Wildman–Crippen LogP) is 5.09. The first-order valence-electron chi connectivity index (χ1n) is 8.72. The molecule has 0 heterocycles. The number of carboxylic acid groups (broad SMARTS) is 1. The van der Waals surface area contributed by atoms with Crippen LogP contribution in [0.5, 0.6) is 0 Å². The van der Waals surface area contributed by atoms with E-state index in [1.165, 1.54) is 12.1 Å². The van der Waals surface area contributed by atoms with E-state index in [4.69, 9.17) is 5.11 Å². The number of nitro groups is 1. The molecule has 2 aromatic carbocycles. The van der Waals surface area contributed by atoms with Gasteiger partial charge in [0.05, 0.1) is 16.3 Å². The third kappa shape index (κ3) is 6.50. The van der Waals surface area contributed by atoms with Crippen LogP contribution in [0.15, 0.2) is 58.8 Å². The molecular formula is C19H22N4O4. The summed E-state index contributed by atoms with van der Waals surface area (Å²) < 4.78 is 0. The topological polar surface area (TPSA) is 108 Å². The van der Waals surface area contributed by atoms with Crippen LogP contribution >= 0.6 is 0 Å². The summed E-state index contributed by atoms with van der Waals surface area (Å²) in [6.07, 6.45) is 1.68. The van der Waals surface area contributed by atoms with E-state index in [1.807, 2.05) is 24.3 Å². The van der Waals surface area contributed by atoms with Crippen molar-refractivity contribution in [1.29, 1.82) is 0 Å². The highest BCUT2D eigenvalue weighted by Gasteiger charge is 2.06. The number of unbranched alkanes of at least 4 members (excludes halogenated alkanes) is 1. The number of nitro benzene ring substituents is 1. The minimum Gasteiger partial charge on any atom is -0.481 e. The molecule has 0 aliphatic rings. The third-order valence-corrected chi connectivity index (χ3v) is 4.01. The second-order valence-electron chi connectivity index (χ2n) is 5.92. The Hall–Kier alpha value is -3.29. The van der Waals surface area contributed by atoms with Crippen molar-refractivity contribution in [3.8, 4) is 0 Å². The number of hydrogen-bond acceptors (Lipinski definition) is 6. The van der Waals surface area contributed by atoms with Crippen LogP contribution in [0.1, 0.15) is 26.2 Å². The third-order valence-electron chi connectivity index (χ3n) is 4.01. The zero-order chi connectivity index (χ0) is 19.6. The van der Waals surface area contributed by atoms with Crippen LogP contribution < -0.4 is 4.90 Å². The van der Waals surface area contributed by atoms with Gasteiger partial charge in [0.15, 0.2) is 0 Å². The van der Waals surface area contributed by atoms with Crippen molar-refractivity contribution in [2.24, 2.45) is 10.2 Å². The molecule has 0 amide bonds. The molecule has 0 aliphatic carbocycles. The molecule has 0 atom stereocenters. The number of rotatable bonds is 10. The van der Waals surface area contributed by atoms with Crippen LogP contribution in [0, 0.1) is 10.1 Å². The summed E-state index contributed by atoms with van der Waals surface area (Å²) in [6, 6.07) is 13.5. The molecule has 142 valence electrons. The average molecular weight is 370 g/mol. The Bertz CT molecular complexity index is 788. The quantitative estimate of drug-likeness (QED) is 0.271. The standard InChI is InChI=1S/C19H22N4O4/c1-2-22(14-4-3-5-19(24)25)17-10-6-15(7-11-17)20-21-16-8-12-18(13-9-16)23(26)27/h6-13H,2-5,14H2,1H3,(H,24,25). The van der Waals surface area contributed by atoms with Gasteiger partial charge in [-0.05, 0) is 56.2 Å². The summed E-state index contributed by atoms with van der Waals surface area (Å²) >= 11 is 0. The smallest absolute Gasteiger partial charge is 0.303 e. The number of nitrogens with zero attached hydrogens (tertiary/aromatic N) is 4. The number of aliphatic carboxylic acids is 1. The monoisotopic (exact) mass is 370 g/mol. The highest BCUT2D eigenvalue weighted by atomic mass is 16.6. The van der Waals surface area contributed by atoms with Gasteiger partial charge in [-0.25, -0.2) is 0 Å². The molecule has 8 nitrogen and oxygen atoms in total. The molecule has 2 rings (SSSR count). The number of benzene rings is 2. The zero-order valence-corrected chi connectivity index (χ0v) is 15.1. The van der Waals surface area contributed by atoms with Crippen molar-refractivity contribution in [3.05, 3.63) is 58.6 Å². The Balaban J connectivity index is 1.94. The van der Waals surface area contributed by atoms with E-state index < -0.39 is 10.9 Å². The molecular weight excluding hydrogens is 348 g/mol. The molecule has 0 saturated heterocycles. The largest absolute Gasteiger partial charge is 0.481 e. The fourth-order valence-electron chi connectivity index (χ4n) is 2.54. The second-order valence-corrected chi connectivity index (χ2v) is 5.92. The number of carboxylic acids is 1. The number of non-ortho nitro benzene ring substituents is 1. The normalized spacial score (nSPS) is 10.9. The van der Waals surface area contributed by atoms with E-state index in [2.05, 4.69) is 22.1 Å². The summed E-state index contributed by atoms with van der Waals surface area (Å²) in [5, 5.41) is 27.6. The summed E-state index contributed by atoms with van der Waals surface area (Å²) in [4.78, 5) is 22.9. The van der Waals surface area contributed by atoms with Crippen molar-refractivity contribution >= 4 is 28.7 Å². The van der Waals surface area contributed by atoms with Gasteiger partial charge in [0.1, 0.15) is 0 Å². The molecule has 0 aromatic heterocycles. The van der Waals surface area contributed by atoms with Crippen LogP contribution in [0.3, 0.4) is 0 Å². The lowest BCUT2D eigenvalue weighted by molar-refractivity contribution is -0.384. The minimum absolute atomic E-state index is 0.0151. The van der Waals surface area contributed by atoms with Crippen LogP contribution in [-0.4, -0.2) is 29.1 Å². The lowest BCUT2D eigenvalue weighted by Crippen LogP contribution is -2.23. The average Bonchev–Trinajstić information content (AvgIpc) is 2.67. The van der Waals surface area contributed by atoms with Crippen LogP contribution in [0.4, 0.5) is 22.7 Å². The van der Waals surface area contributed by atoms with Crippen molar-refractivity contribution in [2.45, 2.75) is 26.2 Å². The Kier molecular flexibility index (Phi) is 7.42. The first-order valence-corrected chi connectivity index (χ1v) is 8.72. The lowest BCUT2D eigenvalue weighted by Gasteiger charge is -2.23. The fourth-order valence-corrected chi connectivity index (χ4v) is 2.54. The molecule has 1 N–H and O–H groups in total. The predicted molar refractivity (Wildman–Crippen MR) is 103 cm³/mol. The van der Waals surface area contributed by atoms with E-state index in [-0.39, 0.29) is 12.1 Å². The van der Waals surface area contributed by atoms with Gasteiger partial charge in [-0.2, -0.15) is 10.2 Å². The SMILES string of the molecule is CCN(CCCCC(=O)O)c1ccc(N=Nc2ccc([N+](=O)[O-])cc2)cc1. The summed E-state index contributed by atoms with van der Waals surface area (Å²) in [5.74, 6) is -0.763. The maximum atomic E-state index is 10.6. The van der Waals surface area contributed by atoms with E-state index in [9.17, 15) is 14.9 Å². The maximum Gasteiger partial charge on any atom is 0.303 e. The first-order chi connectivity index (χ1) is 13.0. The number of hydrogen-bond donors (Lipinski definition) is 1. The molecule has 0 unspecified atom stereocenters. The highest BCUT2D eigenvalue weighted by Crippen LogP contribution is 2.24. The molecule has 0 bridgehead atoms. The number of anilines is 1. The van der Waals surface area contributed by atoms with E-state index in [0.717, 1.165) is 25.2 Å². The number of carbonyl (C=O) groups is 1. The number of azo groups is 1. The molecule has 0 aliphatic heterocycles. The van der Waals surface area contributed by atoms with Crippen molar-refractivity contribution in [1.82, 2.24) is 0 Å². The van der Waals surface area contributed by atoms with Crippen LogP contribution in [0.25, 0.3) is 0 Å². The van der Waals surface area contributed by atoms with Gasteiger partial charge in [0, 0.05) is 37.3 Å². The molecule has 27 heavy (non-hydrogen) atoms. The van der Waals surface area contributed by atoms with Crippen molar-refractivity contribution in [3.63, 3.8) is 0 Å². The second kappa shape index (κ2) is 10.0. The van der Waals surface area contributed by atoms with Gasteiger partial charge in [-0.1, -0.05) is 0 Å². The molecule has 0 radical (unpaired) electrons. The summed E-state index contributed by atoms with van der Waals surface area (Å²) in [6.45, 7) is 3.68. The van der Waals surface area contributed by atoms with Gasteiger partial charge in [-0.15, -0.1) is 0 Å². The summed E-state index contributed by atoms with van der Waals surface area (Å²) in [7, 11) is 0. The minimum atomic E-state index is -0.763. The Morgan fingerprint density at radius 3 is 2.07 bits per heavy atom. The molecule has 0 spiro atoms. The van der Waals surface area contributed by atoms with Gasteiger partial charge in [0.25, 0.3) is 5.69 Å². The first kappa shape index (κ1) is 20.0. The maximum absolute atomic E-state index is 10.6. The molecule has 2 aromatic rings. The lowest BCUT2D eigenvalue weighted by atomic mass is 10.2. The Morgan fingerprint density at radius 1 is 1.04 bits per heavy atom. The van der Waals surface area contributed by atoms with Crippen molar-refractivity contribution < 1.29 is 14.8 Å². The molecule has 0 saturated carbocycles. The van der Waals surface area contributed by atoms with E-state index in [1.54, 1.807) is 12.1 Å². The highest BCUT2D eigenvalue weighted by molar-refractivity contribution is 5.66. The molecule has 0 fully saturated rings. The van der Waals surface area contributed by atoms with Gasteiger partial charge < -0.3 is 10.0 Å². The summed E-state index contributed by atoms with van der Waals surface area (Å²) in [5.41, 5.74) is 2.28. The van der Waals surface area contributed by atoms with Crippen LogP contribution in [-0.2, 0) is 4.79 Å². The Morgan fingerprint density at radius 2 is 1.59 bits per heavy atom. The Labute approximate surface area is 157 Å². The van der Waals surface area contributed by atoms with Crippen molar-refractivity contribution in [2.75, 3.05) is 18.0 Å². The zero-order valence-electron chi connectivity index (χ0n) is 15.1. The van der Waals surface area contributed by atoms with E-state index in [0.29, 0.717) is 17.8 Å². The van der Waals surface area contributed by atoms with Gasteiger partial charge in [-0.3, -0.25) is 14.9 Å². The van der Waals surface area contributed by atoms with Crippen LogP contribution in [0.2, 0.25) is 0 Å². The fraction of sp³-hybridized carbons (Fsp3) is 0.316. The van der Waals surface area contributed by atoms with E-state index >= 15 is 0 Å².